The maximum atomic E-state index is 5.14. The fraction of sp³-hybridized carbons (Fsp3) is 1.00. The second-order valence-corrected chi connectivity index (χ2v) is 5.39. The molecule has 0 rings (SSSR count). The first kappa shape index (κ1) is 10.3. The summed E-state index contributed by atoms with van der Waals surface area (Å²) in [7, 11) is 5.92. The largest absolute Gasteiger partial charge is 0.499 e. The molecule has 0 aliphatic rings. The molecular formula is C5H13O3Si2. The van der Waals surface area contributed by atoms with Crippen molar-refractivity contribution < 1.29 is 13.3 Å². The van der Waals surface area contributed by atoms with Crippen molar-refractivity contribution >= 4 is 19.0 Å². The molecule has 0 fully saturated rings. The minimum Gasteiger partial charge on any atom is -0.377 e. The average molecular weight is 177 g/mol. The normalized spacial score (nSPS) is 12.0. The van der Waals surface area contributed by atoms with E-state index in [0.29, 0.717) is 0 Å². The highest BCUT2D eigenvalue weighted by Gasteiger charge is 2.35. The Bertz CT molecular complexity index is 76.7. The second kappa shape index (κ2) is 5.03. The van der Waals surface area contributed by atoms with Crippen LogP contribution in [0.15, 0.2) is 0 Å². The third-order valence-electron chi connectivity index (χ3n) is 1.36. The van der Waals surface area contributed by atoms with Gasteiger partial charge in [0, 0.05) is 37.6 Å². The smallest absolute Gasteiger partial charge is 0.377 e. The number of rotatable bonds is 5. The van der Waals surface area contributed by atoms with Gasteiger partial charge in [0.15, 0.2) is 0 Å². The summed E-state index contributed by atoms with van der Waals surface area (Å²) in [5.74, 6) is 0. The van der Waals surface area contributed by atoms with Crippen LogP contribution in [0, 0.1) is 0 Å². The van der Waals surface area contributed by atoms with E-state index >= 15 is 0 Å². The Morgan fingerprint density at radius 1 is 1.10 bits per heavy atom. The number of hydrogen-bond donors (Lipinski definition) is 0. The van der Waals surface area contributed by atoms with Gasteiger partial charge >= 0.3 is 8.80 Å². The fourth-order valence-electron chi connectivity index (χ4n) is 0.709. The Labute approximate surface area is 66.5 Å². The van der Waals surface area contributed by atoms with E-state index in [1.54, 1.807) is 21.3 Å². The van der Waals surface area contributed by atoms with Crippen LogP contribution in [0.5, 0.6) is 0 Å². The molecule has 3 radical (unpaired) electrons. The zero-order valence-electron chi connectivity index (χ0n) is 6.64. The van der Waals surface area contributed by atoms with Gasteiger partial charge in [-0.15, -0.1) is 0 Å². The predicted octanol–water partition coefficient (Wildman–Crippen LogP) is 0.451. The van der Waals surface area contributed by atoms with Crippen molar-refractivity contribution in [2.45, 2.75) is 12.1 Å². The first-order chi connectivity index (χ1) is 4.74. The summed E-state index contributed by atoms with van der Waals surface area (Å²) in [6, 6.07) is 1.63. The predicted molar refractivity (Wildman–Crippen MR) is 42.1 cm³/mol. The molecule has 5 heteroatoms. The lowest BCUT2D eigenvalue weighted by atomic mass is 11.0. The molecule has 0 unspecified atom stereocenters. The van der Waals surface area contributed by atoms with Crippen LogP contribution < -0.4 is 0 Å². The minimum absolute atomic E-state index is 0.799. The maximum absolute atomic E-state index is 5.14. The monoisotopic (exact) mass is 177 g/mol. The molecule has 0 N–H and O–H groups in total. The maximum Gasteiger partial charge on any atom is 0.499 e. The lowest BCUT2D eigenvalue weighted by Gasteiger charge is -2.23. The van der Waals surface area contributed by atoms with Gasteiger partial charge < -0.3 is 13.3 Å². The standard InChI is InChI=1S/C5H13O3Si2/c1-6-10(7-2,8-3)5-4-9/h4-5H2,1-3H3. The van der Waals surface area contributed by atoms with Crippen LogP contribution in [0.4, 0.5) is 0 Å². The Kier molecular flexibility index (Phi) is 5.19. The summed E-state index contributed by atoms with van der Waals surface area (Å²) < 4.78 is 15.4. The molecule has 0 aromatic carbocycles. The molecule has 0 amide bonds. The van der Waals surface area contributed by atoms with Gasteiger partial charge in [0.25, 0.3) is 0 Å². The molecule has 0 atom stereocenters. The van der Waals surface area contributed by atoms with Crippen LogP contribution in [-0.2, 0) is 13.3 Å². The summed E-state index contributed by atoms with van der Waals surface area (Å²) in [4.78, 5) is 0. The molecule has 0 aliphatic heterocycles. The molecule has 10 heavy (non-hydrogen) atoms. The van der Waals surface area contributed by atoms with Crippen LogP contribution in [0.25, 0.3) is 0 Å². The van der Waals surface area contributed by atoms with E-state index in [1.807, 2.05) is 0 Å². The third-order valence-corrected chi connectivity index (χ3v) is 4.84. The Morgan fingerprint density at radius 2 is 1.50 bits per heavy atom. The van der Waals surface area contributed by atoms with Gasteiger partial charge in [0.05, 0.1) is 0 Å². The molecule has 0 spiro atoms. The molecule has 0 bridgehead atoms. The number of hydrogen-bond acceptors (Lipinski definition) is 3. The van der Waals surface area contributed by atoms with E-state index in [1.165, 1.54) is 0 Å². The highest BCUT2D eigenvalue weighted by molar-refractivity contribution is 6.61. The molecular weight excluding hydrogens is 164 g/mol. The topological polar surface area (TPSA) is 27.7 Å². The minimum atomic E-state index is -2.27. The van der Waals surface area contributed by atoms with Crippen molar-refractivity contribution in [1.29, 1.82) is 0 Å². The molecule has 0 saturated heterocycles. The molecule has 3 nitrogen and oxygen atoms in total. The Balaban J connectivity index is 3.87. The van der Waals surface area contributed by atoms with Gasteiger partial charge in [-0.2, -0.15) is 0 Å². The van der Waals surface area contributed by atoms with Crippen molar-refractivity contribution in [1.82, 2.24) is 0 Å². The molecule has 59 valence electrons. The molecule has 0 heterocycles. The highest BCUT2D eigenvalue weighted by atomic mass is 28.4. The van der Waals surface area contributed by atoms with Crippen molar-refractivity contribution in [2.24, 2.45) is 0 Å². The van der Waals surface area contributed by atoms with E-state index in [0.717, 1.165) is 12.1 Å². The van der Waals surface area contributed by atoms with E-state index in [2.05, 4.69) is 10.2 Å². The van der Waals surface area contributed by atoms with E-state index in [9.17, 15) is 0 Å². The van der Waals surface area contributed by atoms with Crippen molar-refractivity contribution in [3.63, 3.8) is 0 Å². The summed E-state index contributed by atoms with van der Waals surface area (Å²) in [6.45, 7) is 0. The van der Waals surface area contributed by atoms with Gasteiger partial charge in [-0.25, -0.2) is 0 Å². The van der Waals surface area contributed by atoms with E-state index < -0.39 is 8.80 Å². The summed E-state index contributed by atoms with van der Waals surface area (Å²) >= 11 is 0. The van der Waals surface area contributed by atoms with Crippen molar-refractivity contribution in [2.75, 3.05) is 21.3 Å². The lowest BCUT2D eigenvalue weighted by molar-refractivity contribution is 0.125. The van der Waals surface area contributed by atoms with E-state index in [-0.39, 0.29) is 0 Å². The van der Waals surface area contributed by atoms with Gasteiger partial charge in [0.2, 0.25) is 0 Å². The van der Waals surface area contributed by atoms with Crippen LogP contribution >= 0.6 is 0 Å². The van der Waals surface area contributed by atoms with Gasteiger partial charge in [-0.3, -0.25) is 0 Å². The highest BCUT2D eigenvalue weighted by Crippen LogP contribution is 2.13. The molecule has 0 aliphatic carbocycles. The Hall–Kier alpha value is 0.314. The summed E-state index contributed by atoms with van der Waals surface area (Å²) in [6.07, 6.45) is 0. The molecule has 0 aromatic rings. The first-order valence-electron chi connectivity index (χ1n) is 3.04. The summed E-state index contributed by atoms with van der Waals surface area (Å²) in [5.41, 5.74) is 0. The van der Waals surface area contributed by atoms with Gasteiger partial charge in [-0.1, -0.05) is 6.04 Å². The molecule has 0 saturated carbocycles. The molecule has 0 aromatic heterocycles. The Morgan fingerprint density at radius 3 is 1.60 bits per heavy atom. The van der Waals surface area contributed by atoms with Crippen LogP contribution in [0.2, 0.25) is 12.1 Å². The average Bonchev–Trinajstić information content (AvgIpc) is 2.01. The first-order valence-corrected chi connectivity index (χ1v) is 5.68. The van der Waals surface area contributed by atoms with Crippen LogP contribution in [0.3, 0.4) is 0 Å². The van der Waals surface area contributed by atoms with Crippen LogP contribution in [0.1, 0.15) is 0 Å². The van der Waals surface area contributed by atoms with Crippen LogP contribution in [-0.4, -0.2) is 40.4 Å². The lowest BCUT2D eigenvalue weighted by Crippen LogP contribution is -2.42. The zero-order chi connectivity index (χ0) is 8.04. The third kappa shape index (κ3) is 2.51. The SMILES string of the molecule is CO[Si](CC[Si])(OC)OC. The van der Waals surface area contributed by atoms with Gasteiger partial charge in [-0.05, 0) is 0 Å². The summed E-state index contributed by atoms with van der Waals surface area (Å²) in [5, 5.41) is 0. The van der Waals surface area contributed by atoms with Crippen molar-refractivity contribution in [3.8, 4) is 0 Å². The fourth-order valence-corrected chi connectivity index (χ4v) is 3.05. The van der Waals surface area contributed by atoms with Crippen molar-refractivity contribution in [3.05, 3.63) is 0 Å². The van der Waals surface area contributed by atoms with E-state index in [4.69, 9.17) is 13.3 Å². The quantitative estimate of drug-likeness (QED) is 0.571. The second-order valence-electron chi connectivity index (χ2n) is 1.80. The van der Waals surface area contributed by atoms with Gasteiger partial charge in [0.1, 0.15) is 0 Å². The zero-order valence-corrected chi connectivity index (χ0v) is 8.64.